The molecule has 1 aliphatic heterocycles. The van der Waals surface area contributed by atoms with Crippen molar-refractivity contribution in [1.29, 1.82) is 0 Å². The summed E-state index contributed by atoms with van der Waals surface area (Å²) in [5, 5.41) is 7.75. The Morgan fingerprint density at radius 1 is 1.22 bits per heavy atom. The van der Waals surface area contributed by atoms with E-state index < -0.39 is 0 Å². The first-order chi connectivity index (χ1) is 12.7. The molecule has 1 aliphatic rings. The Labute approximate surface area is 164 Å². The summed E-state index contributed by atoms with van der Waals surface area (Å²) in [6, 6.07) is 0.319. The van der Waals surface area contributed by atoms with Crippen LogP contribution >= 0.6 is 0 Å². The maximum Gasteiger partial charge on any atom is 0.220 e. The number of aromatic nitrogens is 2. The lowest BCUT2D eigenvalue weighted by atomic mass is 10.1. The van der Waals surface area contributed by atoms with Gasteiger partial charge in [0, 0.05) is 44.3 Å². The zero-order valence-corrected chi connectivity index (χ0v) is 18.2. The van der Waals surface area contributed by atoms with E-state index in [0.29, 0.717) is 24.9 Å². The molecule has 1 aromatic heterocycles. The van der Waals surface area contributed by atoms with Gasteiger partial charge in [-0.1, -0.05) is 13.8 Å². The van der Waals surface area contributed by atoms with Crippen LogP contribution in [0.4, 0.5) is 0 Å². The topological polar surface area (TPSA) is 59.4 Å². The van der Waals surface area contributed by atoms with Gasteiger partial charge in [-0.25, -0.2) is 0 Å². The molecule has 27 heavy (non-hydrogen) atoms. The molecule has 1 aromatic rings. The van der Waals surface area contributed by atoms with E-state index in [0.717, 1.165) is 31.7 Å². The lowest BCUT2D eigenvalue weighted by Gasteiger charge is -2.39. The highest BCUT2D eigenvalue weighted by Gasteiger charge is 2.25. The smallest absolute Gasteiger partial charge is 0.220 e. The normalized spacial score (nSPS) is 22.2. The number of rotatable bonds is 8. The number of carbonyl (C=O) groups excluding carboxylic acids is 1. The summed E-state index contributed by atoms with van der Waals surface area (Å²) in [6.07, 6.45) is 1.76. The van der Waals surface area contributed by atoms with Crippen molar-refractivity contribution in [1.82, 2.24) is 20.0 Å². The van der Waals surface area contributed by atoms with E-state index in [1.54, 1.807) is 0 Å². The Hall–Kier alpha value is -1.40. The van der Waals surface area contributed by atoms with Gasteiger partial charge in [0.2, 0.25) is 5.91 Å². The van der Waals surface area contributed by atoms with Crippen molar-refractivity contribution in [3.63, 3.8) is 0 Å². The minimum atomic E-state index is 0.117. The molecule has 2 heterocycles. The number of nitrogens with zero attached hydrogens (tertiary/aromatic N) is 3. The zero-order valence-electron chi connectivity index (χ0n) is 18.2. The predicted octanol–water partition coefficient (Wildman–Crippen LogP) is 2.70. The van der Waals surface area contributed by atoms with Gasteiger partial charge < -0.3 is 10.1 Å². The number of aryl methyl sites for hydroxylation is 1. The molecule has 6 nitrogen and oxygen atoms in total. The highest BCUT2D eigenvalue weighted by Crippen LogP contribution is 2.17. The van der Waals surface area contributed by atoms with Crippen LogP contribution in [0.3, 0.4) is 0 Å². The fraction of sp³-hybridized carbons (Fsp3) is 0.810. The Bertz CT molecular complexity index is 616. The molecular weight excluding hydrogens is 340 g/mol. The second-order valence-electron chi connectivity index (χ2n) is 8.59. The van der Waals surface area contributed by atoms with Gasteiger partial charge >= 0.3 is 0 Å². The van der Waals surface area contributed by atoms with Crippen LogP contribution in [0.5, 0.6) is 0 Å². The highest BCUT2D eigenvalue weighted by atomic mass is 16.5. The van der Waals surface area contributed by atoms with E-state index in [1.165, 1.54) is 11.3 Å². The number of amides is 1. The van der Waals surface area contributed by atoms with Crippen LogP contribution in [0.1, 0.15) is 58.0 Å². The molecule has 0 spiro atoms. The van der Waals surface area contributed by atoms with Gasteiger partial charge in [0.1, 0.15) is 0 Å². The molecule has 3 atom stereocenters. The van der Waals surface area contributed by atoms with E-state index in [-0.39, 0.29) is 18.1 Å². The Morgan fingerprint density at radius 3 is 2.44 bits per heavy atom. The third-order valence-corrected chi connectivity index (χ3v) is 5.34. The quantitative estimate of drug-likeness (QED) is 0.756. The number of hydrogen-bond acceptors (Lipinski definition) is 4. The zero-order chi connectivity index (χ0) is 20.1. The summed E-state index contributed by atoms with van der Waals surface area (Å²) in [7, 11) is 0. The molecule has 6 heteroatoms. The molecule has 1 saturated heterocycles. The van der Waals surface area contributed by atoms with Crippen molar-refractivity contribution < 1.29 is 9.53 Å². The molecule has 2 rings (SSSR count). The summed E-state index contributed by atoms with van der Waals surface area (Å²) in [5.41, 5.74) is 3.46. The summed E-state index contributed by atoms with van der Waals surface area (Å²) in [5.74, 6) is 0.679. The predicted molar refractivity (Wildman–Crippen MR) is 109 cm³/mol. The molecule has 154 valence electrons. The second kappa shape index (κ2) is 9.69. The van der Waals surface area contributed by atoms with Gasteiger partial charge in [0.15, 0.2) is 0 Å². The van der Waals surface area contributed by atoms with Crippen LogP contribution in [-0.4, -0.2) is 58.5 Å². The van der Waals surface area contributed by atoms with Crippen molar-refractivity contribution in [2.75, 3.05) is 19.6 Å². The molecule has 0 bridgehead atoms. The molecule has 0 aromatic carbocycles. The number of carbonyl (C=O) groups is 1. The number of morpholine rings is 1. The minimum Gasteiger partial charge on any atom is -0.373 e. The first-order valence-electron chi connectivity index (χ1n) is 10.4. The molecule has 0 aliphatic carbocycles. The average Bonchev–Trinajstić information content (AvgIpc) is 2.82. The standard InChI is InChI=1S/C21H38N4O2/c1-14(2)11-25-19(7)20(18(6)23-25)8-9-21(26)22-10-15(3)24-12-16(4)27-17(5)13-24/h14-17H,8-13H2,1-7H3,(H,22,26). The fourth-order valence-corrected chi connectivity index (χ4v) is 3.91. The van der Waals surface area contributed by atoms with E-state index in [4.69, 9.17) is 4.74 Å². The molecule has 3 unspecified atom stereocenters. The number of nitrogens with one attached hydrogen (secondary N) is 1. The largest absolute Gasteiger partial charge is 0.373 e. The van der Waals surface area contributed by atoms with Crippen LogP contribution in [0, 0.1) is 19.8 Å². The SMILES string of the molecule is Cc1nn(CC(C)C)c(C)c1CCC(=O)NCC(C)N1CC(C)OC(C)C1. The van der Waals surface area contributed by atoms with Crippen LogP contribution in [0.15, 0.2) is 0 Å². The molecule has 1 N–H and O–H groups in total. The molecule has 0 radical (unpaired) electrons. The monoisotopic (exact) mass is 378 g/mol. The van der Waals surface area contributed by atoms with E-state index >= 15 is 0 Å². The third kappa shape index (κ3) is 6.32. The summed E-state index contributed by atoms with van der Waals surface area (Å²) in [6.45, 7) is 18.4. The lowest BCUT2D eigenvalue weighted by Crippen LogP contribution is -2.52. The average molecular weight is 379 g/mol. The summed E-state index contributed by atoms with van der Waals surface area (Å²) < 4.78 is 7.87. The number of ether oxygens (including phenoxy) is 1. The van der Waals surface area contributed by atoms with Gasteiger partial charge in [-0.15, -0.1) is 0 Å². The van der Waals surface area contributed by atoms with Crippen LogP contribution in [-0.2, 0) is 22.5 Å². The van der Waals surface area contributed by atoms with Crippen molar-refractivity contribution in [2.45, 2.75) is 86.1 Å². The van der Waals surface area contributed by atoms with E-state index in [1.807, 2.05) is 6.92 Å². The first-order valence-corrected chi connectivity index (χ1v) is 10.4. The van der Waals surface area contributed by atoms with E-state index in [9.17, 15) is 4.79 Å². The van der Waals surface area contributed by atoms with Crippen molar-refractivity contribution in [2.24, 2.45) is 5.92 Å². The maximum absolute atomic E-state index is 12.4. The molecule has 1 amide bonds. The van der Waals surface area contributed by atoms with Gasteiger partial charge in [0.25, 0.3) is 0 Å². The highest BCUT2D eigenvalue weighted by molar-refractivity contribution is 5.76. The Morgan fingerprint density at radius 2 is 1.85 bits per heavy atom. The first kappa shape index (κ1) is 21.9. The second-order valence-corrected chi connectivity index (χ2v) is 8.59. The van der Waals surface area contributed by atoms with Crippen LogP contribution in [0.2, 0.25) is 0 Å². The van der Waals surface area contributed by atoms with E-state index in [2.05, 4.69) is 61.5 Å². The van der Waals surface area contributed by atoms with Gasteiger partial charge in [-0.05, 0) is 52.5 Å². The summed E-state index contributed by atoms with van der Waals surface area (Å²) in [4.78, 5) is 14.8. The fourth-order valence-electron chi connectivity index (χ4n) is 3.91. The Kier molecular flexibility index (Phi) is 7.86. The maximum atomic E-state index is 12.4. The third-order valence-electron chi connectivity index (χ3n) is 5.34. The molecule has 0 saturated carbocycles. The molecule has 1 fully saturated rings. The van der Waals surface area contributed by atoms with Crippen molar-refractivity contribution >= 4 is 5.91 Å². The lowest BCUT2D eigenvalue weighted by molar-refractivity contribution is -0.121. The van der Waals surface area contributed by atoms with Crippen molar-refractivity contribution in [3.8, 4) is 0 Å². The van der Waals surface area contributed by atoms with Gasteiger partial charge in [0.05, 0.1) is 17.9 Å². The van der Waals surface area contributed by atoms with Crippen LogP contribution < -0.4 is 5.32 Å². The van der Waals surface area contributed by atoms with Crippen molar-refractivity contribution in [3.05, 3.63) is 17.0 Å². The summed E-state index contributed by atoms with van der Waals surface area (Å²) >= 11 is 0. The minimum absolute atomic E-state index is 0.117. The van der Waals surface area contributed by atoms with Crippen LogP contribution in [0.25, 0.3) is 0 Å². The Balaban J connectivity index is 1.80. The van der Waals surface area contributed by atoms with Gasteiger partial charge in [-0.2, -0.15) is 5.10 Å². The van der Waals surface area contributed by atoms with Gasteiger partial charge in [-0.3, -0.25) is 14.4 Å². The number of hydrogen-bond donors (Lipinski definition) is 1. The molecular formula is C21H38N4O2.